The summed E-state index contributed by atoms with van der Waals surface area (Å²) >= 11 is 0. The van der Waals surface area contributed by atoms with E-state index in [2.05, 4.69) is 9.97 Å². The molecule has 5 rings (SSSR count). The quantitative estimate of drug-likeness (QED) is 0.329. The van der Waals surface area contributed by atoms with Crippen LogP contribution in [0.2, 0.25) is 0 Å². The van der Waals surface area contributed by atoms with Crippen LogP contribution in [0.25, 0.3) is 21.7 Å². The first-order chi connectivity index (χ1) is 17.3. The molecule has 2 N–H and O–H groups in total. The number of phenolic OH excluding ortho intramolecular Hbond substituents is 1. The molecule has 0 spiro atoms. The molecule has 0 aliphatic carbocycles. The molecule has 9 nitrogen and oxygen atoms in total. The molecule has 2 aromatic carbocycles. The maximum absolute atomic E-state index is 13.4. The molecule has 0 bridgehead atoms. The van der Waals surface area contributed by atoms with Gasteiger partial charge in [-0.05, 0) is 36.2 Å². The standard InChI is InChI=1S/C25H24FN5O4S/c1-29(36(34,35)13-3-11-30-12-10-27-16-30)23-19-4-2-9-28-22(19)24(32)21-20(23)15-31(25(21)33)14-17-5-7-18(26)8-6-17/h2,4-10,12,15-16,32-33H,3,11,13-14H2,1H3. The summed E-state index contributed by atoms with van der Waals surface area (Å²) in [4.78, 5) is 8.22. The van der Waals surface area contributed by atoms with Gasteiger partial charge in [0, 0.05) is 49.2 Å². The topological polar surface area (TPSA) is 113 Å². The molecule has 0 atom stereocenters. The highest BCUT2D eigenvalue weighted by atomic mass is 32.2. The molecule has 0 saturated heterocycles. The number of hydrogen-bond donors (Lipinski definition) is 2. The monoisotopic (exact) mass is 509 g/mol. The van der Waals surface area contributed by atoms with Crippen LogP contribution in [0, 0.1) is 5.82 Å². The van der Waals surface area contributed by atoms with Crippen LogP contribution in [-0.4, -0.2) is 50.5 Å². The fourth-order valence-corrected chi connectivity index (χ4v) is 5.62. The Bertz CT molecular complexity index is 1650. The first kappa shape index (κ1) is 23.6. The number of aryl methyl sites for hydroxylation is 1. The molecule has 11 heteroatoms. The van der Waals surface area contributed by atoms with Crippen LogP contribution in [0.15, 0.2) is 67.5 Å². The Balaban J connectivity index is 1.60. The van der Waals surface area contributed by atoms with E-state index in [1.54, 1.807) is 53.8 Å². The van der Waals surface area contributed by atoms with Gasteiger partial charge in [0.2, 0.25) is 15.9 Å². The Kier molecular flexibility index (Phi) is 6.00. The molecular weight excluding hydrogens is 485 g/mol. The predicted molar refractivity (Wildman–Crippen MR) is 135 cm³/mol. The van der Waals surface area contributed by atoms with E-state index in [4.69, 9.17) is 0 Å². The molecule has 0 fully saturated rings. The van der Waals surface area contributed by atoms with Crippen molar-refractivity contribution in [1.29, 1.82) is 0 Å². The lowest BCUT2D eigenvalue weighted by atomic mass is 10.1. The smallest absolute Gasteiger partial charge is 0.235 e. The van der Waals surface area contributed by atoms with Gasteiger partial charge in [-0.2, -0.15) is 0 Å². The van der Waals surface area contributed by atoms with Crippen molar-refractivity contribution in [3.63, 3.8) is 0 Å². The summed E-state index contributed by atoms with van der Waals surface area (Å²) in [6.07, 6.45) is 8.49. The highest BCUT2D eigenvalue weighted by Crippen LogP contribution is 2.46. The number of aromatic nitrogens is 4. The molecule has 0 aliphatic rings. The van der Waals surface area contributed by atoms with Crippen LogP contribution < -0.4 is 4.31 Å². The number of rotatable bonds is 8. The summed E-state index contributed by atoms with van der Waals surface area (Å²) in [6.45, 7) is 0.681. The molecule has 0 amide bonds. The van der Waals surface area contributed by atoms with Gasteiger partial charge in [-0.25, -0.2) is 17.8 Å². The van der Waals surface area contributed by atoms with Gasteiger partial charge >= 0.3 is 0 Å². The minimum atomic E-state index is -3.77. The Hall–Kier alpha value is -4.12. The lowest BCUT2D eigenvalue weighted by Gasteiger charge is -2.22. The van der Waals surface area contributed by atoms with Gasteiger partial charge in [0.05, 0.1) is 29.7 Å². The molecule has 0 saturated carbocycles. The molecule has 0 radical (unpaired) electrons. The summed E-state index contributed by atoms with van der Waals surface area (Å²) in [7, 11) is -2.31. The van der Waals surface area contributed by atoms with Crippen LogP contribution in [0.3, 0.4) is 0 Å². The summed E-state index contributed by atoms with van der Waals surface area (Å²) in [5, 5.41) is 22.9. The van der Waals surface area contributed by atoms with Gasteiger partial charge < -0.3 is 19.3 Å². The lowest BCUT2D eigenvalue weighted by molar-refractivity contribution is 0.425. The Morgan fingerprint density at radius 1 is 1.08 bits per heavy atom. The molecular formula is C25H24FN5O4S. The van der Waals surface area contributed by atoms with E-state index in [0.29, 0.717) is 29.4 Å². The Morgan fingerprint density at radius 2 is 1.86 bits per heavy atom. The van der Waals surface area contributed by atoms with Gasteiger partial charge in [0.25, 0.3) is 0 Å². The van der Waals surface area contributed by atoms with E-state index >= 15 is 0 Å². The number of imidazole rings is 1. The molecule has 36 heavy (non-hydrogen) atoms. The average Bonchev–Trinajstić information content (AvgIpc) is 3.49. The molecule has 0 aliphatic heterocycles. The molecule has 3 heterocycles. The van der Waals surface area contributed by atoms with E-state index in [9.17, 15) is 23.0 Å². The van der Waals surface area contributed by atoms with Crippen molar-refractivity contribution in [2.45, 2.75) is 19.5 Å². The van der Waals surface area contributed by atoms with E-state index < -0.39 is 10.0 Å². The third kappa shape index (κ3) is 4.22. The van der Waals surface area contributed by atoms with E-state index in [-0.39, 0.29) is 40.6 Å². The number of benzene rings is 2. The number of pyridine rings is 1. The number of fused-ring (bicyclic) bond motifs is 2. The molecule has 3 aromatic heterocycles. The second-order valence-corrected chi connectivity index (χ2v) is 10.6. The maximum atomic E-state index is 13.4. The van der Waals surface area contributed by atoms with Crippen LogP contribution in [0.5, 0.6) is 11.6 Å². The van der Waals surface area contributed by atoms with Crippen LogP contribution in [0.1, 0.15) is 12.0 Å². The van der Waals surface area contributed by atoms with E-state index in [0.717, 1.165) is 5.56 Å². The second kappa shape index (κ2) is 9.15. The molecule has 186 valence electrons. The Morgan fingerprint density at radius 3 is 2.58 bits per heavy atom. The van der Waals surface area contributed by atoms with Gasteiger partial charge in [-0.1, -0.05) is 12.1 Å². The second-order valence-electron chi connectivity index (χ2n) is 8.53. The van der Waals surface area contributed by atoms with Crippen molar-refractivity contribution < 1.29 is 23.0 Å². The molecule has 0 unspecified atom stereocenters. The highest BCUT2D eigenvalue weighted by Gasteiger charge is 2.27. The highest BCUT2D eigenvalue weighted by molar-refractivity contribution is 7.92. The van der Waals surface area contributed by atoms with Crippen molar-refractivity contribution in [3.8, 4) is 11.6 Å². The fourth-order valence-electron chi connectivity index (χ4n) is 4.38. The van der Waals surface area contributed by atoms with E-state index in [1.807, 2.05) is 0 Å². The van der Waals surface area contributed by atoms with Gasteiger partial charge in [0.15, 0.2) is 5.75 Å². The summed E-state index contributed by atoms with van der Waals surface area (Å²) in [5.74, 6) is -0.983. The Labute approximate surface area is 206 Å². The van der Waals surface area contributed by atoms with Crippen LogP contribution >= 0.6 is 0 Å². The summed E-state index contributed by atoms with van der Waals surface area (Å²) in [6, 6.07) is 9.17. The zero-order chi connectivity index (χ0) is 25.4. The van der Waals surface area contributed by atoms with Gasteiger partial charge in [0.1, 0.15) is 11.3 Å². The average molecular weight is 510 g/mol. The normalized spacial score (nSPS) is 11.9. The van der Waals surface area contributed by atoms with Crippen molar-refractivity contribution in [2.75, 3.05) is 17.1 Å². The van der Waals surface area contributed by atoms with Gasteiger partial charge in [-0.15, -0.1) is 0 Å². The number of hydrogen-bond acceptors (Lipinski definition) is 6. The maximum Gasteiger partial charge on any atom is 0.235 e. The van der Waals surface area contributed by atoms with Crippen molar-refractivity contribution in [3.05, 3.63) is 78.9 Å². The lowest BCUT2D eigenvalue weighted by Crippen LogP contribution is -2.29. The SMILES string of the molecule is CN(c1c2cccnc2c(O)c2c(O)n(Cc3ccc(F)cc3)cc12)S(=O)(=O)CCCn1ccnc1. The number of anilines is 1. The summed E-state index contributed by atoms with van der Waals surface area (Å²) < 4.78 is 44.5. The first-order valence-electron chi connectivity index (χ1n) is 11.2. The molecule has 5 aromatic rings. The van der Waals surface area contributed by atoms with Crippen LogP contribution in [-0.2, 0) is 23.1 Å². The zero-order valence-corrected chi connectivity index (χ0v) is 20.2. The number of aromatic hydroxyl groups is 2. The zero-order valence-electron chi connectivity index (χ0n) is 19.4. The predicted octanol–water partition coefficient (Wildman–Crippen LogP) is 3.84. The largest absolute Gasteiger partial charge is 0.505 e. The fraction of sp³-hybridized carbons (Fsp3) is 0.200. The number of sulfonamides is 1. The van der Waals surface area contributed by atoms with E-state index in [1.165, 1.54) is 34.2 Å². The minimum absolute atomic E-state index is 0.0961. The first-order valence-corrected chi connectivity index (χ1v) is 12.9. The number of nitrogens with zero attached hydrogens (tertiary/aromatic N) is 5. The van der Waals surface area contributed by atoms with Crippen molar-refractivity contribution in [1.82, 2.24) is 19.1 Å². The minimum Gasteiger partial charge on any atom is -0.505 e. The van der Waals surface area contributed by atoms with Crippen LogP contribution in [0.4, 0.5) is 10.1 Å². The van der Waals surface area contributed by atoms with Crippen molar-refractivity contribution >= 4 is 37.4 Å². The third-order valence-corrected chi connectivity index (χ3v) is 8.03. The summed E-state index contributed by atoms with van der Waals surface area (Å²) in [5.41, 5.74) is 1.20. The number of halogens is 1. The third-order valence-electron chi connectivity index (χ3n) is 6.21. The van der Waals surface area contributed by atoms with Gasteiger partial charge in [-0.3, -0.25) is 9.29 Å². The van der Waals surface area contributed by atoms with Crippen molar-refractivity contribution in [2.24, 2.45) is 0 Å². The number of phenols is 1.